The van der Waals surface area contributed by atoms with Crippen molar-refractivity contribution in [3.8, 4) is 6.07 Å². The van der Waals surface area contributed by atoms with Crippen molar-refractivity contribution in [2.45, 2.75) is 19.9 Å². The van der Waals surface area contributed by atoms with E-state index in [9.17, 15) is 14.4 Å². The fourth-order valence-electron chi connectivity index (χ4n) is 4.03. The van der Waals surface area contributed by atoms with E-state index in [-0.39, 0.29) is 23.2 Å². The number of anilines is 2. The van der Waals surface area contributed by atoms with Crippen molar-refractivity contribution in [2.75, 3.05) is 49.9 Å². The SMILES string of the molecule is CCN(CC)C(=O)C(c1ccccc1)N1CCN(c2ccc(N)c(F)c2C#N)CC1. The quantitative estimate of drug-likeness (QED) is 0.742. The van der Waals surface area contributed by atoms with Crippen LogP contribution in [0.3, 0.4) is 0 Å². The van der Waals surface area contributed by atoms with E-state index in [2.05, 4.69) is 4.90 Å². The van der Waals surface area contributed by atoms with Crippen LogP contribution in [0.2, 0.25) is 0 Å². The molecule has 6 nitrogen and oxygen atoms in total. The van der Waals surface area contributed by atoms with Crippen LogP contribution in [0.5, 0.6) is 0 Å². The monoisotopic (exact) mass is 409 g/mol. The number of halogens is 1. The van der Waals surface area contributed by atoms with Gasteiger partial charge in [0.2, 0.25) is 5.91 Å². The summed E-state index contributed by atoms with van der Waals surface area (Å²) in [5.74, 6) is -0.577. The summed E-state index contributed by atoms with van der Waals surface area (Å²) < 4.78 is 14.3. The summed E-state index contributed by atoms with van der Waals surface area (Å²) in [6.07, 6.45) is 0. The van der Waals surface area contributed by atoms with Crippen molar-refractivity contribution in [3.05, 3.63) is 59.4 Å². The number of carbonyl (C=O) groups is 1. The van der Waals surface area contributed by atoms with Crippen LogP contribution in [0.15, 0.2) is 42.5 Å². The molecular formula is C23H28FN5O. The Labute approximate surface area is 177 Å². The number of hydrogen-bond donors (Lipinski definition) is 1. The van der Waals surface area contributed by atoms with Crippen molar-refractivity contribution in [2.24, 2.45) is 0 Å². The van der Waals surface area contributed by atoms with Gasteiger partial charge in [-0.1, -0.05) is 30.3 Å². The Hall–Kier alpha value is -3.11. The largest absolute Gasteiger partial charge is 0.396 e. The average molecular weight is 410 g/mol. The molecule has 7 heteroatoms. The number of benzene rings is 2. The molecule has 158 valence electrons. The van der Waals surface area contributed by atoms with Gasteiger partial charge < -0.3 is 15.5 Å². The Morgan fingerprint density at radius 3 is 2.33 bits per heavy atom. The Bertz CT molecular complexity index is 915. The van der Waals surface area contributed by atoms with E-state index in [1.807, 2.05) is 60.0 Å². The maximum absolute atomic E-state index is 14.3. The summed E-state index contributed by atoms with van der Waals surface area (Å²) in [5, 5.41) is 9.40. The molecule has 1 amide bonds. The average Bonchev–Trinajstić information content (AvgIpc) is 2.78. The van der Waals surface area contributed by atoms with E-state index in [4.69, 9.17) is 5.73 Å². The van der Waals surface area contributed by atoms with Crippen molar-refractivity contribution in [1.29, 1.82) is 5.26 Å². The molecule has 0 spiro atoms. The molecule has 0 aromatic heterocycles. The molecular weight excluding hydrogens is 381 g/mol. The zero-order chi connectivity index (χ0) is 21.7. The van der Waals surface area contributed by atoms with Crippen molar-refractivity contribution >= 4 is 17.3 Å². The third-order valence-corrected chi connectivity index (χ3v) is 5.71. The maximum atomic E-state index is 14.3. The Kier molecular flexibility index (Phi) is 6.91. The van der Waals surface area contributed by atoms with E-state index in [1.54, 1.807) is 6.07 Å². The lowest BCUT2D eigenvalue weighted by Crippen LogP contribution is -2.52. The number of rotatable bonds is 6. The first-order chi connectivity index (χ1) is 14.5. The number of amides is 1. The number of nitrogen functional groups attached to an aromatic ring is 1. The van der Waals surface area contributed by atoms with Crippen LogP contribution in [0.25, 0.3) is 0 Å². The van der Waals surface area contributed by atoms with Crippen LogP contribution >= 0.6 is 0 Å². The lowest BCUT2D eigenvalue weighted by molar-refractivity contribution is -0.137. The van der Waals surface area contributed by atoms with E-state index in [0.717, 1.165) is 5.56 Å². The summed E-state index contributed by atoms with van der Waals surface area (Å²) in [6.45, 7) is 7.73. The molecule has 2 N–H and O–H groups in total. The van der Waals surface area contributed by atoms with Gasteiger partial charge in [-0.25, -0.2) is 4.39 Å². The second-order valence-corrected chi connectivity index (χ2v) is 7.32. The lowest BCUT2D eigenvalue weighted by atomic mass is 10.0. The van der Waals surface area contributed by atoms with Crippen LogP contribution in [-0.4, -0.2) is 55.0 Å². The van der Waals surface area contributed by atoms with Gasteiger partial charge in [0.15, 0.2) is 5.82 Å². The van der Waals surface area contributed by atoms with Crippen molar-refractivity contribution < 1.29 is 9.18 Å². The molecule has 1 fully saturated rings. The molecule has 30 heavy (non-hydrogen) atoms. The molecule has 3 rings (SSSR count). The van der Waals surface area contributed by atoms with E-state index in [0.29, 0.717) is 45.0 Å². The zero-order valence-electron chi connectivity index (χ0n) is 17.5. The van der Waals surface area contributed by atoms with Gasteiger partial charge in [-0.15, -0.1) is 0 Å². The van der Waals surface area contributed by atoms with Gasteiger partial charge in [-0.05, 0) is 31.5 Å². The topological polar surface area (TPSA) is 76.6 Å². The van der Waals surface area contributed by atoms with Gasteiger partial charge in [-0.3, -0.25) is 9.69 Å². The Morgan fingerprint density at radius 1 is 1.13 bits per heavy atom. The molecule has 1 aliphatic heterocycles. The molecule has 1 saturated heterocycles. The van der Waals surface area contributed by atoms with Crippen LogP contribution in [0.1, 0.15) is 31.0 Å². The summed E-state index contributed by atoms with van der Waals surface area (Å²) in [4.78, 5) is 19.3. The van der Waals surface area contributed by atoms with Gasteiger partial charge in [-0.2, -0.15) is 5.26 Å². The zero-order valence-corrected chi connectivity index (χ0v) is 17.5. The maximum Gasteiger partial charge on any atom is 0.244 e. The van der Waals surface area contributed by atoms with E-state index in [1.165, 1.54) is 6.07 Å². The molecule has 1 atom stereocenters. The lowest BCUT2D eigenvalue weighted by Gasteiger charge is -2.41. The van der Waals surface area contributed by atoms with Crippen LogP contribution in [-0.2, 0) is 4.79 Å². The number of nitrogens with zero attached hydrogens (tertiary/aromatic N) is 4. The van der Waals surface area contributed by atoms with Gasteiger partial charge in [0.1, 0.15) is 17.7 Å². The standard InChI is InChI=1S/C23H28FN5O/c1-3-27(4-2)23(30)22(17-8-6-5-7-9-17)29-14-12-28(13-15-29)20-11-10-19(26)21(24)18(20)16-25/h5-11,22H,3-4,12-15,26H2,1-2H3. The highest BCUT2D eigenvalue weighted by atomic mass is 19.1. The van der Waals surface area contributed by atoms with Gasteiger partial charge >= 0.3 is 0 Å². The van der Waals surface area contributed by atoms with E-state index < -0.39 is 5.82 Å². The number of nitrogens with two attached hydrogens (primary N) is 1. The van der Waals surface area contributed by atoms with Crippen molar-refractivity contribution in [1.82, 2.24) is 9.80 Å². The second-order valence-electron chi connectivity index (χ2n) is 7.32. The molecule has 2 aromatic rings. The van der Waals surface area contributed by atoms with Crippen LogP contribution in [0, 0.1) is 17.1 Å². The molecule has 0 aliphatic carbocycles. The van der Waals surface area contributed by atoms with Gasteiger partial charge in [0, 0.05) is 39.3 Å². The molecule has 0 radical (unpaired) electrons. The third kappa shape index (κ3) is 4.24. The summed E-state index contributed by atoms with van der Waals surface area (Å²) >= 11 is 0. The van der Waals surface area contributed by atoms with Gasteiger partial charge in [0.05, 0.1) is 11.4 Å². The molecule has 1 unspecified atom stereocenters. The van der Waals surface area contributed by atoms with Gasteiger partial charge in [0.25, 0.3) is 0 Å². The molecule has 0 bridgehead atoms. The van der Waals surface area contributed by atoms with Crippen molar-refractivity contribution in [3.63, 3.8) is 0 Å². The summed E-state index contributed by atoms with van der Waals surface area (Å²) in [6, 6.07) is 14.6. The number of likely N-dealkylation sites (N-methyl/N-ethyl adjacent to an activating group) is 1. The summed E-state index contributed by atoms with van der Waals surface area (Å²) in [5.41, 5.74) is 7.09. The first-order valence-corrected chi connectivity index (χ1v) is 10.3. The Balaban J connectivity index is 1.83. The van der Waals surface area contributed by atoms with Crippen LogP contribution in [0.4, 0.5) is 15.8 Å². The molecule has 1 heterocycles. The number of hydrogen-bond acceptors (Lipinski definition) is 5. The molecule has 0 saturated carbocycles. The normalized spacial score (nSPS) is 15.5. The predicted octanol–water partition coefficient (Wildman–Crippen LogP) is 3.01. The minimum Gasteiger partial charge on any atom is -0.396 e. The van der Waals surface area contributed by atoms with E-state index >= 15 is 0 Å². The summed E-state index contributed by atoms with van der Waals surface area (Å²) in [7, 11) is 0. The number of piperazine rings is 1. The molecule has 1 aliphatic rings. The number of carbonyl (C=O) groups excluding carboxylic acids is 1. The first kappa shape index (κ1) is 21.6. The highest BCUT2D eigenvalue weighted by molar-refractivity contribution is 5.83. The minimum absolute atomic E-state index is 0.0251. The minimum atomic E-state index is -0.670. The number of nitriles is 1. The predicted molar refractivity (Wildman–Crippen MR) is 116 cm³/mol. The fraction of sp³-hybridized carbons (Fsp3) is 0.391. The molecule has 2 aromatic carbocycles. The third-order valence-electron chi connectivity index (χ3n) is 5.71. The fourth-order valence-corrected chi connectivity index (χ4v) is 4.03. The smallest absolute Gasteiger partial charge is 0.244 e. The Morgan fingerprint density at radius 2 is 1.77 bits per heavy atom. The first-order valence-electron chi connectivity index (χ1n) is 10.3. The highest BCUT2D eigenvalue weighted by Gasteiger charge is 2.33. The second kappa shape index (κ2) is 9.59. The highest BCUT2D eigenvalue weighted by Crippen LogP contribution is 2.30. The van der Waals surface area contributed by atoms with Crippen LogP contribution < -0.4 is 10.6 Å².